The van der Waals surface area contributed by atoms with Crippen molar-refractivity contribution in [3.05, 3.63) is 71.8 Å². The van der Waals surface area contributed by atoms with E-state index >= 15 is 0 Å². The van der Waals surface area contributed by atoms with Gasteiger partial charge in [0.2, 0.25) is 17.7 Å². The molecule has 15 heteroatoms. The molecule has 0 bridgehead atoms. The fourth-order valence-electron chi connectivity index (χ4n) is 3.56. The maximum Gasteiger partial charge on any atom is 0.408 e. The van der Waals surface area contributed by atoms with Crippen LogP contribution in [-0.2, 0) is 40.8 Å². The second-order valence-corrected chi connectivity index (χ2v) is 9.73. The van der Waals surface area contributed by atoms with E-state index in [0.29, 0.717) is 11.1 Å². The molecule has 0 aliphatic carbocycles. The maximum atomic E-state index is 13.3. The predicted molar refractivity (Wildman–Crippen MR) is 135 cm³/mol. The Morgan fingerprint density at radius 2 is 1.62 bits per heavy atom. The average Bonchev–Trinajstić information content (AvgIpc) is 2.91. The summed E-state index contributed by atoms with van der Waals surface area (Å²) in [6, 6.07) is 12.8. The molecule has 5 N–H and O–H groups in total. The molecule has 1 aliphatic heterocycles. The lowest BCUT2D eigenvalue weighted by Crippen LogP contribution is -2.67. The lowest BCUT2D eigenvalue weighted by Gasteiger charge is -2.36. The standard InChI is InChI=1S/C24H27N5O9S/c1-25-19(30)12-17(21(31)27-18-13-29(23(18)33)39(35,36)37)26-22(32)20(16-10-6-3-7-11-16)28-24(34)38-14-15-8-4-2-5-9-15/h2-11,17-18,20H,12-14H2,1H3,(H,25,30)(H,26,32)(H,27,31)(H,28,34)(H,35,36,37). The Hall–Kier alpha value is -4.50. The zero-order valence-corrected chi connectivity index (χ0v) is 21.5. The van der Waals surface area contributed by atoms with Crippen LogP contribution in [0.2, 0.25) is 0 Å². The fourth-order valence-corrected chi connectivity index (χ4v) is 4.26. The van der Waals surface area contributed by atoms with Gasteiger partial charge in [-0.2, -0.15) is 8.42 Å². The van der Waals surface area contributed by atoms with E-state index in [2.05, 4.69) is 21.3 Å². The summed E-state index contributed by atoms with van der Waals surface area (Å²) in [5.41, 5.74) is 1.07. The number of rotatable bonds is 11. The van der Waals surface area contributed by atoms with Gasteiger partial charge in [0.15, 0.2) is 0 Å². The highest BCUT2D eigenvalue weighted by atomic mass is 32.2. The van der Waals surface area contributed by atoms with Crippen LogP contribution in [0.3, 0.4) is 0 Å². The smallest absolute Gasteiger partial charge is 0.408 e. The molecule has 208 valence electrons. The van der Waals surface area contributed by atoms with Crippen molar-refractivity contribution in [1.82, 2.24) is 25.6 Å². The minimum atomic E-state index is -4.78. The highest BCUT2D eigenvalue weighted by Crippen LogP contribution is 2.16. The third-order valence-corrected chi connectivity index (χ3v) is 6.54. The molecule has 0 spiro atoms. The molecule has 3 rings (SSSR count). The largest absolute Gasteiger partial charge is 0.445 e. The Morgan fingerprint density at radius 1 is 1.00 bits per heavy atom. The number of hydrogen-bond acceptors (Lipinski definition) is 8. The van der Waals surface area contributed by atoms with E-state index in [4.69, 9.17) is 9.29 Å². The molecule has 1 heterocycles. The lowest BCUT2D eigenvalue weighted by atomic mass is 10.0. The van der Waals surface area contributed by atoms with Crippen LogP contribution in [0.5, 0.6) is 0 Å². The van der Waals surface area contributed by atoms with E-state index in [1.54, 1.807) is 60.7 Å². The summed E-state index contributed by atoms with van der Waals surface area (Å²) in [6.45, 7) is -0.584. The van der Waals surface area contributed by atoms with Gasteiger partial charge in [0.05, 0.1) is 13.0 Å². The van der Waals surface area contributed by atoms with Crippen LogP contribution in [0.15, 0.2) is 60.7 Å². The molecule has 1 fully saturated rings. The first-order valence-corrected chi connectivity index (χ1v) is 13.0. The number of amides is 5. The summed E-state index contributed by atoms with van der Waals surface area (Å²) in [5, 5.41) is 9.41. The number of nitrogens with one attached hydrogen (secondary N) is 4. The highest BCUT2D eigenvalue weighted by molar-refractivity contribution is 7.84. The number of ether oxygens (including phenoxy) is 1. The molecule has 3 unspecified atom stereocenters. The summed E-state index contributed by atoms with van der Waals surface area (Å²) in [5.74, 6) is -3.53. The molecule has 0 aromatic heterocycles. The molecule has 3 atom stereocenters. The van der Waals surface area contributed by atoms with Crippen LogP contribution in [0, 0.1) is 0 Å². The van der Waals surface area contributed by atoms with E-state index in [1.807, 2.05) is 0 Å². The molecular weight excluding hydrogens is 534 g/mol. The number of hydrogen-bond donors (Lipinski definition) is 5. The fraction of sp³-hybridized carbons (Fsp3) is 0.292. The summed E-state index contributed by atoms with van der Waals surface area (Å²) in [4.78, 5) is 62.7. The van der Waals surface area contributed by atoms with Crippen LogP contribution in [0.25, 0.3) is 0 Å². The number of benzene rings is 2. The molecule has 2 aromatic carbocycles. The van der Waals surface area contributed by atoms with Gasteiger partial charge in [-0.25, -0.2) is 9.10 Å². The van der Waals surface area contributed by atoms with E-state index in [9.17, 15) is 32.4 Å². The number of carbonyl (C=O) groups is 5. The molecular formula is C24H27N5O9S. The second kappa shape index (κ2) is 12.8. The second-order valence-electron chi connectivity index (χ2n) is 8.40. The molecule has 5 amide bonds. The van der Waals surface area contributed by atoms with Crippen LogP contribution in [0.1, 0.15) is 23.6 Å². The number of nitrogens with zero attached hydrogens (tertiary/aromatic N) is 1. The SMILES string of the molecule is CNC(=O)CC(NC(=O)C(NC(=O)OCc1ccccc1)c1ccccc1)C(=O)NC1CN(S(=O)(=O)O)C1=O. The van der Waals surface area contributed by atoms with Gasteiger partial charge >= 0.3 is 16.4 Å². The highest BCUT2D eigenvalue weighted by Gasteiger charge is 2.45. The average molecular weight is 562 g/mol. The third kappa shape index (κ3) is 7.99. The first-order chi connectivity index (χ1) is 18.5. The minimum absolute atomic E-state index is 0.0620. The Kier molecular flexibility index (Phi) is 9.57. The van der Waals surface area contributed by atoms with Crippen molar-refractivity contribution in [2.45, 2.75) is 31.2 Å². The molecule has 1 saturated heterocycles. The first-order valence-electron chi connectivity index (χ1n) is 11.6. The zero-order valence-electron chi connectivity index (χ0n) is 20.7. The third-order valence-electron chi connectivity index (χ3n) is 5.66. The van der Waals surface area contributed by atoms with Crippen LogP contribution >= 0.6 is 0 Å². The Balaban J connectivity index is 1.72. The summed E-state index contributed by atoms with van der Waals surface area (Å²) in [7, 11) is -3.46. The van der Waals surface area contributed by atoms with Crippen LogP contribution in [0.4, 0.5) is 4.79 Å². The van der Waals surface area contributed by atoms with Crippen molar-refractivity contribution in [3.63, 3.8) is 0 Å². The molecule has 0 saturated carbocycles. The Labute approximate surface area is 224 Å². The quantitative estimate of drug-likeness (QED) is 0.176. The van der Waals surface area contributed by atoms with E-state index in [0.717, 1.165) is 0 Å². The van der Waals surface area contributed by atoms with Crippen molar-refractivity contribution in [2.75, 3.05) is 13.6 Å². The maximum absolute atomic E-state index is 13.3. The van der Waals surface area contributed by atoms with Gasteiger partial charge < -0.3 is 26.0 Å². The van der Waals surface area contributed by atoms with Crippen LogP contribution in [-0.4, -0.2) is 72.7 Å². The summed E-state index contributed by atoms with van der Waals surface area (Å²) < 4.78 is 36.6. The van der Waals surface area contributed by atoms with Crippen molar-refractivity contribution in [1.29, 1.82) is 0 Å². The Morgan fingerprint density at radius 3 is 2.18 bits per heavy atom. The van der Waals surface area contributed by atoms with Crippen molar-refractivity contribution < 1.29 is 41.7 Å². The monoisotopic (exact) mass is 561 g/mol. The zero-order chi connectivity index (χ0) is 28.6. The van der Waals surface area contributed by atoms with Gasteiger partial charge in [-0.15, -0.1) is 0 Å². The molecule has 1 aliphatic rings. The van der Waals surface area contributed by atoms with Gasteiger partial charge in [0.1, 0.15) is 24.7 Å². The first kappa shape index (κ1) is 29.1. The van der Waals surface area contributed by atoms with Gasteiger partial charge in [0, 0.05) is 7.05 Å². The lowest BCUT2D eigenvalue weighted by molar-refractivity contribution is -0.141. The van der Waals surface area contributed by atoms with Gasteiger partial charge in [-0.3, -0.25) is 23.7 Å². The molecule has 14 nitrogen and oxygen atoms in total. The molecule has 2 aromatic rings. The van der Waals surface area contributed by atoms with Gasteiger partial charge in [0.25, 0.3) is 5.91 Å². The number of carbonyl (C=O) groups excluding carboxylic acids is 5. The minimum Gasteiger partial charge on any atom is -0.445 e. The Bertz CT molecular complexity index is 1320. The predicted octanol–water partition coefficient (Wildman–Crippen LogP) is -0.595. The van der Waals surface area contributed by atoms with Crippen molar-refractivity contribution in [3.8, 4) is 0 Å². The summed E-state index contributed by atoms with van der Waals surface area (Å²) >= 11 is 0. The van der Waals surface area contributed by atoms with Crippen molar-refractivity contribution in [2.24, 2.45) is 0 Å². The van der Waals surface area contributed by atoms with E-state index in [-0.39, 0.29) is 10.9 Å². The van der Waals surface area contributed by atoms with Gasteiger partial charge in [-0.1, -0.05) is 60.7 Å². The number of alkyl carbamates (subject to hydrolysis) is 1. The van der Waals surface area contributed by atoms with Gasteiger partial charge in [-0.05, 0) is 11.1 Å². The summed E-state index contributed by atoms with van der Waals surface area (Å²) in [6.07, 6.45) is -1.45. The topological polar surface area (TPSA) is 200 Å². The van der Waals surface area contributed by atoms with Crippen molar-refractivity contribution >= 4 is 40.0 Å². The van der Waals surface area contributed by atoms with E-state index < -0.39 is 71.1 Å². The van der Waals surface area contributed by atoms with E-state index in [1.165, 1.54) is 7.05 Å². The van der Waals surface area contributed by atoms with Crippen LogP contribution < -0.4 is 21.3 Å². The molecule has 39 heavy (non-hydrogen) atoms. The normalized spacial score (nSPS) is 16.2. The molecule has 0 radical (unpaired) electrons. The number of β-lactam (4-membered cyclic amide) rings is 1.